The molecule has 0 heterocycles. The van der Waals surface area contributed by atoms with Gasteiger partial charge >= 0.3 is 17.1 Å². The van der Waals surface area contributed by atoms with Crippen molar-refractivity contribution in [2.75, 3.05) is 39.5 Å². The molecule has 5 heteroatoms. The fourth-order valence-corrected chi connectivity index (χ4v) is 0.760. The normalized spacial score (nSPS) is 9.82. The van der Waals surface area contributed by atoms with Gasteiger partial charge in [0.25, 0.3) is 0 Å². The zero-order valence-corrected chi connectivity index (χ0v) is 7.49. The van der Waals surface area contributed by atoms with Crippen molar-refractivity contribution in [2.24, 2.45) is 0 Å². The van der Waals surface area contributed by atoms with Gasteiger partial charge in [-0.2, -0.15) is 0 Å². The van der Waals surface area contributed by atoms with Gasteiger partial charge in [0.15, 0.2) is 0 Å². The Balaban J connectivity index is 0. The van der Waals surface area contributed by atoms with Crippen molar-refractivity contribution in [1.29, 1.82) is 0 Å². The third-order valence-electron chi connectivity index (χ3n) is 1.25. The summed E-state index contributed by atoms with van der Waals surface area (Å²) >= 11 is 0. The summed E-state index contributed by atoms with van der Waals surface area (Å²) in [5.41, 5.74) is 0. The first-order chi connectivity index (χ1) is 4.85. The third-order valence-corrected chi connectivity index (χ3v) is 1.25. The second-order valence-corrected chi connectivity index (χ2v) is 2.01. The van der Waals surface area contributed by atoms with Gasteiger partial charge in [0.1, 0.15) is 0 Å². The van der Waals surface area contributed by atoms with Crippen LogP contribution in [-0.2, 0) is 17.1 Å². The van der Waals surface area contributed by atoms with Crippen LogP contribution in [0.4, 0.5) is 0 Å². The summed E-state index contributed by atoms with van der Waals surface area (Å²) in [6, 6.07) is 0. The predicted octanol–water partition coefficient (Wildman–Crippen LogP) is -1.74. The van der Waals surface area contributed by atoms with Crippen molar-refractivity contribution < 1.29 is 32.4 Å². The van der Waals surface area contributed by atoms with E-state index in [0.29, 0.717) is 19.6 Å². The second-order valence-electron chi connectivity index (χ2n) is 2.01. The molecule has 67 valence electrons. The Morgan fingerprint density at radius 2 is 1.00 bits per heavy atom. The van der Waals surface area contributed by atoms with E-state index >= 15 is 0 Å². The van der Waals surface area contributed by atoms with Crippen LogP contribution in [0.5, 0.6) is 0 Å². The van der Waals surface area contributed by atoms with E-state index in [1.807, 2.05) is 0 Å². The maximum Gasteiger partial charge on any atom is 3.00 e. The smallest absolute Gasteiger partial charge is 0.395 e. The van der Waals surface area contributed by atoms with Gasteiger partial charge in [0, 0.05) is 19.6 Å². The first kappa shape index (κ1) is 13.9. The van der Waals surface area contributed by atoms with Crippen LogP contribution in [0.3, 0.4) is 0 Å². The van der Waals surface area contributed by atoms with E-state index in [9.17, 15) is 0 Å². The molecule has 0 spiro atoms. The second kappa shape index (κ2) is 10.4. The molecule has 0 fully saturated rings. The van der Waals surface area contributed by atoms with E-state index in [2.05, 4.69) is 0 Å². The standard InChI is InChI=1S/C6H15NO3.Fe/c8-4-1-7(2-5-9)3-6-10;/h8-10H,1-6H2;/q;+3. The van der Waals surface area contributed by atoms with E-state index in [1.165, 1.54) is 0 Å². The molecule has 0 rings (SSSR count). The molecular weight excluding hydrogens is 190 g/mol. The summed E-state index contributed by atoms with van der Waals surface area (Å²) < 4.78 is 0. The number of nitrogens with zero attached hydrogens (tertiary/aromatic N) is 1. The van der Waals surface area contributed by atoms with Gasteiger partial charge in [-0.25, -0.2) is 0 Å². The van der Waals surface area contributed by atoms with Crippen LogP contribution in [0.15, 0.2) is 0 Å². The van der Waals surface area contributed by atoms with Crippen molar-refractivity contribution >= 4 is 0 Å². The fraction of sp³-hybridized carbons (Fsp3) is 1.00. The first-order valence-corrected chi connectivity index (χ1v) is 3.40. The predicted molar refractivity (Wildman–Crippen MR) is 37.7 cm³/mol. The van der Waals surface area contributed by atoms with Gasteiger partial charge < -0.3 is 15.3 Å². The number of rotatable bonds is 6. The third kappa shape index (κ3) is 8.26. The van der Waals surface area contributed by atoms with E-state index in [4.69, 9.17) is 15.3 Å². The van der Waals surface area contributed by atoms with Gasteiger partial charge in [-0.1, -0.05) is 0 Å². The van der Waals surface area contributed by atoms with Crippen molar-refractivity contribution in [2.45, 2.75) is 0 Å². The van der Waals surface area contributed by atoms with E-state index < -0.39 is 0 Å². The number of aliphatic hydroxyl groups excluding tert-OH is 3. The van der Waals surface area contributed by atoms with E-state index in [1.54, 1.807) is 4.90 Å². The topological polar surface area (TPSA) is 63.9 Å². The summed E-state index contributed by atoms with van der Waals surface area (Å²) in [7, 11) is 0. The molecule has 0 aromatic rings. The molecule has 0 atom stereocenters. The van der Waals surface area contributed by atoms with Gasteiger partial charge in [-0.3, -0.25) is 4.90 Å². The Hall–Kier alpha value is 0.359. The van der Waals surface area contributed by atoms with Gasteiger partial charge in [0.2, 0.25) is 0 Å². The minimum absolute atomic E-state index is 0. The van der Waals surface area contributed by atoms with Crippen LogP contribution in [0.25, 0.3) is 0 Å². The molecule has 0 bridgehead atoms. The van der Waals surface area contributed by atoms with Crippen LogP contribution >= 0.6 is 0 Å². The van der Waals surface area contributed by atoms with Crippen molar-refractivity contribution in [1.82, 2.24) is 4.90 Å². The van der Waals surface area contributed by atoms with Gasteiger partial charge in [-0.15, -0.1) is 0 Å². The minimum atomic E-state index is 0. The monoisotopic (exact) mass is 205 g/mol. The molecule has 0 aliphatic carbocycles. The largest absolute Gasteiger partial charge is 3.00 e. The van der Waals surface area contributed by atoms with Crippen molar-refractivity contribution in [3.63, 3.8) is 0 Å². The zero-order valence-electron chi connectivity index (χ0n) is 6.39. The van der Waals surface area contributed by atoms with Crippen LogP contribution in [0, 0.1) is 0 Å². The van der Waals surface area contributed by atoms with Crippen molar-refractivity contribution in [3.8, 4) is 0 Å². The van der Waals surface area contributed by atoms with Gasteiger partial charge in [-0.05, 0) is 0 Å². The molecule has 0 saturated heterocycles. The molecule has 3 N–H and O–H groups in total. The average molecular weight is 205 g/mol. The average Bonchev–Trinajstić information content (AvgIpc) is 1.90. The summed E-state index contributed by atoms with van der Waals surface area (Å²) in [6.45, 7) is 1.75. The molecule has 0 aromatic carbocycles. The Kier molecular flexibility index (Phi) is 13.1. The van der Waals surface area contributed by atoms with E-state index in [0.717, 1.165) is 0 Å². The fourth-order valence-electron chi connectivity index (χ4n) is 0.760. The number of aliphatic hydroxyl groups is 3. The Labute approximate surface area is 77.3 Å². The molecular formula is C6H15FeNO3+3. The zero-order chi connectivity index (χ0) is 7.82. The van der Waals surface area contributed by atoms with Crippen molar-refractivity contribution in [3.05, 3.63) is 0 Å². The molecule has 4 nitrogen and oxygen atoms in total. The maximum atomic E-state index is 8.48. The molecule has 1 radical (unpaired) electrons. The first-order valence-electron chi connectivity index (χ1n) is 3.40. The molecule has 0 aromatic heterocycles. The van der Waals surface area contributed by atoms with Gasteiger partial charge in [0.05, 0.1) is 19.8 Å². The van der Waals surface area contributed by atoms with Crippen LogP contribution in [0.1, 0.15) is 0 Å². The quantitative estimate of drug-likeness (QED) is 0.450. The minimum Gasteiger partial charge on any atom is -0.395 e. The Morgan fingerprint density at radius 3 is 1.18 bits per heavy atom. The summed E-state index contributed by atoms with van der Waals surface area (Å²) in [6.07, 6.45) is 0. The molecule has 0 amide bonds. The van der Waals surface area contributed by atoms with E-state index in [-0.39, 0.29) is 36.9 Å². The maximum absolute atomic E-state index is 8.48. The summed E-state index contributed by atoms with van der Waals surface area (Å²) in [5, 5.41) is 25.5. The Bertz CT molecular complexity index is 60.6. The molecule has 0 aliphatic rings. The number of hydrogen-bond acceptors (Lipinski definition) is 4. The molecule has 0 saturated carbocycles. The molecule has 0 unspecified atom stereocenters. The van der Waals surface area contributed by atoms with Crippen LogP contribution < -0.4 is 0 Å². The Morgan fingerprint density at radius 1 is 0.727 bits per heavy atom. The summed E-state index contributed by atoms with van der Waals surface area (Å²) in [5.74, 6) is 0. The molecule has 0 aliphatic heterocycles. The van der Waals surface area contributed by atoms with Crippen LogP contribution in [-0.4, -0.2) is 59.7 Å². The van der Waals surface area contributed by atoms with Crippen LogP contribution in [0.2, 0.25) is 0 Å². The molecule has 11 heavy (non-hydrogen) atoms. The summed E-state index contributed by atoms with van der Waals surface area (Å²) in [4.78, 5) is 1.79. The SMILES string of the molecule is OCCN(CCO)CCO.[Fe+3]. The number of hydrogen-bond donors (Lipinski definition) is 3.